The molecule has 38 heavy (non-hydrogen) atoms. The van der Waals surface area contributed by atoms with Gasteiger partial charge in [0.1, 0.15) is 23.9 Å². The van der Waals surface area contributed by atoms with E-state index in [2.05, 4.69) is 39.4 Å². The van der Waals surface area contributed by atoms with Crippen LogP contribution in [-0.4, -0.2) is 72.8 Å². The van der Waals surface area contributed by atoms with Gasteiger partial charge in [-0.3, -0.25) is 4.79 Å². The molecule has 0 saturated heterocycles. The van der Waals surface area contributed by atoms with E-state index in [0.717, 1.165) is 18.8 Å². The van der Waals surface area contributed by atoms with E-state index in [0.29, 0.717) is 46.7 Å². The maximum Gasteiger partial charge on any atom is 0.258 e. The zero-order chi connectivity index (χ0) is 26.9. The molecule has 0 radical (unpaired) electrons. The normalized spacial score (nSPS) is 10.7. The Bertz CT molecular complexity index is 1370. The van der Waals surface area contributed by atoms with Gasteiger partial charge < -0.3 is 29.2 Å². The fourth-order valence-corrected chi connectivity index (χ4v) is 3.90. The van der Waals surface area contributed by atoms with Crippen molar-refractivity contribution >= 4 is 17.2 Å². The highest BCUT2D eigenvalue weighted by Gasteiger charge is 2.16. The Morgan fingerprint density at radius 1 is 0.947 bits per heavy atom. The minimum atomic E-state index is -0.238. The molecule has 2 heterocycles. The van der Waals surface area contributed by atoms with Crippen LogP contribution in [0.15, 0.2) is 54.6 Å². The summed E-state index contributed by atoms with van der Waals surface area (Å²) in [6.45, 7) is 6.44. The predicted octanol–water partition coefficient (Wildman–Crippen LogP) is 3.23. The quantitative estimate of drug-likeness (QED) is 0.266. The summed E-state index contributed by atoms with van der Waals surface area (Å²) in [5.74, 6) is 2.52. The van der Waals surface area contributed by atoms with Gasteiger partial charge in [-0.15, -0.1) is 15.3 Å². The molecular weight excluding hydrogens is 488 g/mol. The van der Waals surface area contributed by atoms with Crippen molar-refractivity contribution in [1.82, 2.24) is 25.1 Å². The monoisotopic (exact) mass is 520 g/mol. The van der Waals surface area contributed by atoms with Gasteiger partial charge in [0.05, 0.1) is 26.3 Å². The Labute approximate surface area is 221 Å². The minimum absolute atomic E-state index is 0.0837. The van der Waals surface area contributed by atoms with Gasteiger partial charge in [-0.2, -0.15) is 4.52 Å². The highest BCUT2D eigenvalue weighted by Crippen LogP contribution is 2.32. The van der Waals surface area contributed by atoms with Crippen LogP contribution < -0.4 is 29.2 Å². The maximum atomic E-state index is 12.2. The summed E-state index contributed by atoms with van der Waals surface area (Å²) < 4.78 is 23.8. The number of nitrogens with zero attached hydrogens (tertiary/aromatic N) is 5. The Morgan fingerprint density at radius 3 is 2.55 bits per heavy atom. The molecule has 200 valence electrons. The number of hydrogen-bond donors (Lipinski definition) is 1. The summed E-state index contributed by atoms with van der Waals surface area (Å²) in [4.78, 5) is 14.5. The molecule has 0 fully saturated rings. The van der Waals surface area contributed by atoms with Gasteiger partial charge in [0, 0.05) is 37.0 Å². The smallest absolute Gasteiger partial charge is 0.258 e. The highest BCUT2D eigenvalue weighted by molar-refractivity contribution is 5.77. The number of anilines is 1. The molecule has 1 N–H and O–H groups in total. The fraction of sp³-hybridized carbons (Fsp3) is 0.333. The first-order valence-corrected chi connectivity index (χ1v) is 12.4. The topological polar surface area (TPSA) is 112 Å². The molecule has 0 aliphatic heterocycles. The predicted molar refractivity (Wildman–Crippen MR) is 143 cm³/mol. The number of ether oxygens (including phenoxy) is 4. The molecule has 0 atom stereocenters. The number of fused-ring (bicyclic) bond motifs is 1. The van der Waals surface area contributed by atoms with Crippen LogP contribution in [0.2, 0.25) is 0 Å². The molecule has 0 aliphatic carbocycles. The second-order valence-electron chi connectivity index (χ2n) is 8.19. The van der Waals surface area contributed by atoms with Crippen LogP contribution in [0.5, 0.6) is 23.1 Å². The first-order valence-electron chi connectivity index (χ1n) is 12.4. The SMILES string of the molecule is CCN(CC)c1cccc(OCC(=O)NCCOc2ccc3nnc(-c4ccc(OC)cc4OC)n3n2)c1. The Morgan fingerprint density at radius 2 is 1.79 bits per heavy atom. The fourth-order valence-electron chi connectivity index (χ4n) is 3.90. The van der Waals surface area contributed by atoms with Crippen molar-refractivity contribution in [1.29, 1.82) is 0 Å². The van der Waals surface area contributed by atoms with Crippen LogP contribution in [0, 0.1) is 0 Å². The summed E-state index contributed by atoms with van der Waals surface area (Å²) in [5, 5.41) is 15.7. The van der Waals surface area contributed by atoms with Gasteiger partial charge in [0.2, 0.25) is 5.88 Å². The average Bonchev–Trinajstić information content (AvgIpc) is 3.38. The number of carbonyl (C=O) groups excluding carboxylic acids is 1. The van der Waals surface area contributed by atoms with E-state index in [9.17, 15) is 4.79 Å². The number of nitrogens with one attached hydrogen (secondary N) is 1. The summed E-state index contributed by atoms with van der Waals surface area (Å²) >= 11 is 0. The van der Waals surface area contributed by atoms with Gasteiger partial charge in [-0.1, -0.05) is 6.07 Å². The Hall–Kier alpha value is -4.54. The van der Waals surface area contributed by atoms with Crippen molar-refractivity contribution < 1.29 is 23.7 Å². The van der Waals surface area contributed by atoms with Gasteiger partial charge in [0.25, 0.3) is 5.91 Å². The minimum Gasteiger partial charge on any atom is -0.497 e. The first kappa shape index (κ1) is 26.5. The van der Waals surface area contributed by atoms with Crippen LogP contribution in [0.25, 0.3) is 17.0 Å². The van der Waals surface area contributed by atoms with Crippen molar-refractivity contribution in [3.05, 3.63) is 54.6 Å². The lowest BCUT2D eigenvalue weighted by Crippen LogP contribution is -2.32. The lowest BCUT2D eigenvalue weighted by atomic mass is 10.2. The van der Waals surface area contributed by atoms with Crippen LogP contribution in [0.3, 0.4) is 0 Å². The zero-order valence-electron chi connectivity index (χ0n) is 22.0. The number of carbonyl (C=O) groups is 1. The summed E-state index contributed by atoms with van der Waals surface area (Å²) in [6.07, 6.45) is 0. The average molecular weight is 521 g/mol. The van der Waals surface area contributed by atoms with E-state index >= 15 is 0 Å². The van der Waals surface area contributed by atoms with E-state index in [1.807, 2.05) is 36.4 Å². The molecule has 0 aliphatic rings. The Kier molecular flexibility index (Phi) is 8.81. The number of amides is 1. The van der Waals surface area contributed by atoms with Crippen molar-refractivity contribution in [2.75, 3.05) is 52.0 Å². The summed E-state index contributed by atoms with van der Waals surface area (Å²) in [6, 6.07) is 16.6. The molecule has 2 aromatic heterocycles. The van der Waals surface area contributed by atoms with Crippen molar-refractivity contribution in [2.45, 2.75) is 13.8 Å². The van der Waals surface area contributed by atoms with E-state index in [1.54, 1.807) is 36.9 Å². The standard InChI is InChI=1S/C27H32N6O5/c1-5-32(6-2)19-8-7-9-21(16-19)38-18-25(34)28-14-15-37-26-13-12-24-29-30-27(33(24)31-26)22-11-10-20(35-3)17-23(22)36-4/h7-13,16-17H,5-6,14-15,18H2,1-4H3,(H,28,34). The first-order chi connectivity index (χ1) is 18.6. The summed E-state index contributed by atoms with van der Waals surface area (Å²) in [7, 11) is 3.17. The molecule has 11 nitrogen and oxygen atoms in total. The zero-order valence-corrected chi connectivity index (χ0v) is 22.0. The van der Waals surface area contributed by atoms with E-state index in [4.69, 9.17) is 18.9 Å². The molecule has 0 unspecified atom stereocenters. The van der Waals surface area contributed by atoms with Crippen LogP contribution >= 0.6 is 0 Å². The number of aromatic nitrogens is 4. The second kappa shape index (κ2) is 12.6. The highest BCUT2D eigenvalue weighted by atomic mass is 16.5. The molecule has 1 amide bonds. The number of benzene rings is 2. The molecular formula is C27H32N6O5. The molecule has 0 bridgehead atoms. The van der Waals surface area contributed by atoms with E-state index in [1.165, 1.54) is 0 Å². The van der Waals surface area contributed by atoms with Crippen molar-refractivity contribution in [3.63, 3.8) is 0 Å². The number of rotatable bonds is 13. The summed E-state index contributed by atoms with van der Waals surface area (Å²) in [5.41, 5.74) is 2.33. The third-order valence-electron chi connectivity index (χ3n) is 5.88. The molecule has 0 saturated carbocycles. The van der Waals surface area contributed by atoms with E-state index < -0.39 is 0 Å². The van der Waals surface area contributed by atoms with Gasteiger partial charge in [-0.05, 0) is 44.2 Å². The molecule has 2 aromatic carbocycles. The molecule has 4 aromatic rings. The molecule has 4 rings (SSSR count). The number of hydrogen-bond acceptors (Lipinski definition) is 9. The van der Waals surface area contributed by atoms with Crippen molar-refractivity contribution in [2.24, 2.45) is 0 Å². The van der Waals surface area contributed by atoms with Gasteiger partial charge in [-0.25, -0.2) is 0 Å². The van der Waals surface area contributed by atoms with Crippen LogP contribution in [0.1, 0.15) is 13.8 Å². The largest absolute Gasteiger partial charge is 0.497 e. The molecule has 11 heteroatoms. The lowest BCUT2D eigenvalue weighted by molar-refractivity contribution is -0.123. The van der Waals surface area contributed by atoms with Gasteiger partial charge in [0.15, 0.2) is 18.1 Å². The maximum absolute atomic E-state index is 12.2. The third kappa shape index (κ3) is 6.23. The third-order valence-corrected chi connectivity index (χ3v) is 5.88. The van der Waals surface area contributed by atoms with Gasteiger partial charge >= 0.3 is 0 Å². The number of methoxy groups -OCH3 is 2. The van der Waals surface area contributed by atoms with Crippen LogP contribution in [-0.2, 0) is 4.79 Å². The Balaban J connectivity index is 1.31. The molecule has 0 spiro atoms. The lowest BCUT2D eigenvalue weighted by Gasteiger charge is -2.21. The van der Waals surface area contributed by atoms with Crippen molar-refractivity contribution in [3.8, 4) is 34.5 Å². The second-order valence-corrected chi connectivity index (χ2v) is 8.19. The van der Waals surface area contributed by atoms with Crippen LogP contribution in [0.4, 0.5) is 5.69 Å². The van der Waals surface area contributed by atoms with E-state index in [-0.39, 0.29) is 19.1 Å².